The maximum absolute atomic E-state index is 13.0. The highest BCUT2D eigenvalue weighted by Gasteiger charge is 2.44. The summed E-state index contributed by atoms with van der Waals surface area (Å²) in [6, 6.07) is -1.16. The van der Waals surface area contributed by atoms with E-state index in [1.54, 1.807) is 0 Å². The summed E-state index contributed by atoms with van der Waals surface area (Å²) in [5.41, 5.74) is 0. The number of carbonyl (C=O) groups is 1. The third-order valence-electron chi connectivity index (χ3n) is 14.5. The van der Waals surface area contributed by atoms with Crippen LogP contribution in [-0.2, 0) is 14.3 Å². The average Bonchev–Trinajstić information content (AvgIpc) is 3.36. The van der Waals surface area contributed by atoms with Gasteiger partial charge in [0.2, 0.25) is 5.91 Å². The van der Waals surface area contributed by atoms with Crippen molar-refractivity contribution in [1.82, 2.24) is 5.32 Å². The summed E-state index contributed by atoms with van der Waals surface area (Å²) >= 11 is 0. The quantitative estimate of drug-likeness (QED) is 0.0215. The number of nitrogens with one attached hydrogen (secondary N) is 1. The van der Waals surface area contributed by atoms with Gasteiger partial charge in [-0.05, 0) is 44.9 Å². The molecule has 9 atom stereocenters. The van der Waals surface area contributed by atoms with Gasteiger partial charge >= 0.3 is 0 Å². The number of hydrogen-bond donors (Lipinski definition) is 8. The van der Waals surface area contributed by atoms with Crippen LogP contribution in [0.4, 0.5) is 0 Å². The number of ether oxygens (including phenoxy) is 2. The van der Waals surface area contributed by atoms with Gasteiger partial charge in [-0.25, -0.2) is 0 Å². The number of amides is 1. The normalized spacial score (nSPS) is 20.4. The standard InChI is InChI=1S/C59H113NO10/c1-3-5-7-9-10-11-12-13-14-15-16-17-18-19-20-21-22-23-24-25-26-27-28-29-30-31-32-33-34-35-36-37-38-39-40-41-43-45-47-52(63)58(68)60-50(54(64)51(62)46-44-42-8-6-4-2)49-69-59-57(67)56(66)55(65)53(48-61)70-59/h22-23,25-26,50-57,59,61-67H,3-21,24,27-49H2,1-2H3,(H,60,68)/b23-22-,26-25-. The van der Waals surface area contributed by atoms with Crippen molar-refractivity contribution in [1.29, 1.82) is 0 Å². The third-order valence-corrected chi connectivity index (χ3v) is 14.5. The van der Waals surface area contributed by atoms with Crippen LogP contribution in [0.3, 0.4) is 0 Å². The van der Waals surface area contributed by atoms with Crippen LogP contribution in [0.15, 0.2) is 24.3 Å². The molecule has 0 spiro atoms. The molecule has 0 radical (unpaired) electrons. The van der Waals surface area contributed by atoms with Gasteiger partial charge in [0, 0.05) is 0 Å². The van der Waals surface area contributed by atoms with Crippen LogP contribution < -0.4 is 5.32 Å². The van der Waals surface area contributed by atoms with Crippen LogP contribution in [0, 0.1) is 0 Å². The molecule has 0 saturated carbocycles. The first kappa shape index (κ1) is 66.6. The van der Waals surface area contributed by atoms with Gasteiger partial charge in [0.1, 0.15) is 36.6 Å². The van der Waals surface area contributed by atoms with Crippen LogP contribution >= 0.6 is 0 Å². The van der Waals surface area contributed by atoms with E-state index < -0.39 is 74.2 Å². The Morgan fingerprint density at radius 2 is 0.871 bits per heavy atom. The first-order valence-corrected chi connectivity index (χ1v) is 29.7. The zero-order valence-corrected chi connectivity index (χ0v) is 45.3. The molecule has 1 saturated heterocycles. The van der Waals surface area contributed by atoms with E-state index in [2.05, 4.69) is 43.5 Å². The van der Waals surface area contributed by atoms with Crippen LogP contribution in [0.5, 0.6) is 0 Å². The molecular weight excluding hydrogens is 883 g/mol. The second-order valence-corrected chi connectivity index (χ2v) is 21.1. The van der Waals surface area contributed by atoms with E-state index >= 15 is 0 Å². The van der Waals surface area contributed by atoms with Crippen LogP contribution in [-0.4, -0.2) is 110 Å². The van der Waals surface area contributed by atoms with Crippen molar-refractivity contribution in [2.24, 2.45) is 0 Å². The zero-order chi connectivity index (χ0) is 51.1. The Morgan fingerprint density at radius 1 is 0.500 bits per heavy atom. The molecule has 8 N–H and O–H groups in total. The lowest BCUT2D eigenvalue weighted by Crippen LogP contribution is -2.60. The molecule has 1 aliphatic rings. The Balaban J connectivity index is 2.02. The SMILES string of the molecule is CCCCCCCCCCCCCCCCC/C=C\C/C=C\CCCCCCCCCCCCCCCCCCC(O)C(=O)NC(COC1OC(CO)C(O)C(O)C1O)C(O)C(O)CCCCCCC. The number of hydrogen-bond acceptors (Lipinski definition) is 10. The van der Waals surface area contributed by atoms with Crippen molar-refractivity contribution < 1.29 is 50.0 Å². The molecule has 1 amide bonds. The fourth-order valence-corrected chi connectivity index (χ4v) is 9.65. The highest BCUT2D eigenvalue weighted by molar-refractivity contribution is 5.80. The summed E-state index contributed by atoms with van der Waals surface area (Å²) in [5, 5.41) is 75.3. The Morgan fingerprint density at radius 3 is 1.27 bits per heavy atom. The second kappa shape index (κ2) is 48.5. The summed E-state index contributed by atoms with van der Waals surface area (Å²) in [7, 11) is 0. The van der Waals surface area contributed by atoms with Crippen molar-refractivity contribution in [3.63, 3.8) is 0 Å². The number of carbonyl (C=O) groups excluding carboxylic acids is 1. The maximum Gasteiger partial charge on any atom is 0.249 e. The van der Waals surface area contributed by atoms with Crippen molar-refractivity contribution in [3.05, 3.63) is 24.3 Å². The molecule has 1 heterocycles. The summed E-state index contributed by atoms with van der Waals surface area (Å²) < 4.78 is 11.0. The zero-order valence-electron chi connectivity index (χ0n) is 45.3. The summed E-state index contributed by atoms with van der Waals surface area (Å²) in [6.45, 7) is 3.35. The van der Waals surface area contributed by atoms with Gasteiger partial charge in [-0.15, -0.1) is 0 Å². The minimum atomic E-state index is -1.66. The van der Waals surface area contributed by atoms with E-state index in [0.717, 1.165) is 51.4 Å². The molecule has 0 aromatic heterocycles. The molecular formula is C59H113NO10. The Hall–Kier alpha value is -1.41. The van der Waals surface area contributed by atoms with Crippen LogP contribution in [0.2, 0.25) is 0 Å². The molecule has 0 aromatic rings. The van der Waals surface area contributed by atoms with E-state index in [0.29, 0.717) is 19.3 Å². The summed E-state index contributed by atoms with van der Waals surface area (Å²) in [4.78, 5) is 13.0. The predicted molar refractivity (Wildman–Crippen MR) is 289 cm³/mol. The molecule has 0 aromatic carbocycles. The van der Waals surface area contributed by atoms with Gasteiger partial charge < -0.3 is 50.5 Å². The summed E-state index contributed by atoms with van der Waals surface area (Å²) in [6.07, 6.45) is 47.8. The fraction of sp³-hybridized carbons (Fsp3) is 0.915. The Labute approximate surface area is 429 Å². The van der Waals surface area contributed by atoms with Crippen LogP contribution in [0.25, 0.3) is 0 Å². The Kier molecular flexibility index (Phi) is 46.2. The van der Waals surface area contributed by atoms with E-state index in [-0.39, 0.29) is 6.42 Å². The molecule has 1 aliphatic heterocycles. The average molecular weight is 997 g/mol. The van der Waals surface area contributed by atoms with Crippen molar-refractivity contribution in [3.8, 4) is 0 Å². The molecule has 0 bridgehead atoms. The van der Waals surface area contributed by atoms with Gasteiger partial charge in [-0.2, -0.15) is 0 Å². The van der Waals surface area contributed by atoms with E-state index in [1.807, 2.05) is 0 Å². The molecule has 70 heavy (non-hydrogen) atoms. The van der Waals surface area contributed by atoms with E-state index in [9.17, 15) is 40.5 Å². The smallest absolute Gasteiger partial charge is 0.249 e. The number of allylic oxidation sites excluding steroid dienone is 4. The number of rotatable bonds is 51. The van der Waals surface area contributed by atoms with Crippen molar-refractivity contribution in [2.45, 2.75) is 332 Å². The monoisotopic (exact) mass is 996 g/mol. The molecule has 1 rings (SSSR count). The predicted octanol–water partition coefficient (Wildman–Crippen LogP) is 12.5. The first-order valence-electron chi connectivity index (χ1n) is 29.7. The number of aliphatic hydroxyl groups is 7. The van der Waals surface area contributed by atoms with Gasteiger partial charge in [0.05, 0.1) is 25.4 Å². The largest absolute Gasteiger partial charge is 0.394 e. The molecule has 1 fully saturated rings. The second-order valence-electron chi connectivity index (χ2n) is 21.1. The molecule has 11 nitrogen and oxygen atoms in total. The van der Waals surface area contributed by atoms with E-state index in [1.165, 1.54) is 186 Å². The maximum atomic E-state index is 13.0. The minimum absolute atomic E-state index is 0.261. The highest BCUT2D eigenvalue weighted by Crippen LogP contribution is 2.23. The van der Waals surface area contributed by atoms with Gasteiger partial charge in [0.25, 0.3) is 0 Å². The first-order chi connectivity index (χ1) is 34.2. The molecule has 11 heteroatoms. The topological polar surface area (TPSA) is 189 Å². The third kappa shape index (κ3) is 36.5. The lowest BCUT2D eigenvalue weighted by molar-refractivity contribution is -0.303. The minimum Gasteiger partial charge on any atom is -0.394 e. The molecule has 9 unspecified atom stereocenters. The van der Waals surface area contributed by atoms with Crippen molar-refractivity contribution >= 4 is 5.91 Å². The fourth-order valence-electron chi connectivity index (χ4n) is 9.65. The van der Waals surface area contributed by atoms with Gasteiger partial charge in [-0.1, -0.05) is 256 Å². The lowest BCUT2D eigenvalue weighted by atomic mass is 9.98. The summed E-state index contributed by atoms with van der Waals surface area (Å²) in [5.74, 6) is -0.700. The molecule has 0 aliphatic carbocycles. The van der Waals surface area contributed by atoms with Crippen molar-refractivity contribution in [2.75, 3.05) is 13.2 Å². The van der Waals surface area contributed by atoms with Crippen LogP contribution in [0.1, 0.15) is 277 Å². The van der Waals surface area contributed by atoms with Gasteiger partial charge in [-0.3, -0.25) is 4.79 Å². The number of unbranched alkanes of at least 4 members (excludes halogenated alkanes) is 35. The lowest BCUT2D eigenvalue weighted by Gasteiger charge is -2.40. The molecule has 414 valence electrons. The van der Waals surface area contributed by atoms with E-state index in [4.69, 9.17) is 9.47 Å². The highest BCUT2D eigenvalue weighted by atomic mass is 16.7. The van der Waals surface area contributed by atoms with Gasteiger partial charge in [0.15, 0.2) is 6.29 Å². The Bertz CT molecular complexity index is 1190. The number of aliphatic hydroxyl groups excluding tert-OH is 7.